The molecule has 2 fully saturated rings. The van der Waals surface area contributed by atoms with Crippen LogP contribution >= 0.6 is 15.9 Å². The molecule has 0 unspecified atom stereocenters. The Balaban J connectivity index is -0.000000129. The van der Waals surface area contributed by atoms with Crippen LogP contribution in [-0.4, -0.2) is 275 Å². The van der Waals surface area contributed by atoms with Crippen molar-refractivity contribution in [3.05, 3.63) is 43.2 Å². The minimum Gasteiger partial charge on any atom is -1.00 e. The maximum absolute atomic E-state index is 12.3. The van der Waals surface area contributed by atoms with Crippen molar-refractivity contribution in [2.75, 3.05) is 188 Å². The van der Waals surface area contributed by atoms with Gasteiger partial charge in [-0.2, -0.15) is 0 Å². The second kappa shape index (κ2) is 66.7. The lowest BCUT2D eigenvalue weighted by Gasteiger charge is -2.30. The summed E-state index contributed by atoms with van der Waals surface area (Å²) >= 11 is 3.38. The highest BCUT2D eigenvalue weighted by atomic mass is 79.9. The molecule has 34 heteroatoms. The molecule has 100 heavy (non-hydrogen) atoms. The maximum atomic E-state index is 12.3. The largest absolute Gasteiger partial charge is 1.00 e. The lowest BCUT2D eigenvalue weighted by molar-refractivity contribution is -0.904. The predicted molar refractivity (Wildman–Crippen MR) is 391 cm³/mol. The van der Waals surface area contributed by atoms with Crippen LogP contribution in [-0.2, 0) is 22.7 Å². The fourth-order valence-electron chi connectivity index (χ4n) is 9.86. The van der Waals surface area contributed by atoms with Crippen LogP contribution < -0.4 is 95.5 Å². The van der Waals surface area contributed by atoms with E-state index in [0.29, 0.717) is 43.8 Å². The molecule has 3 rings (SSSR count). The third-order valence-electron chi connectivity index (χ3n) is 16.1. The normalized spacial score (nSPS) is 13.2. The second-order valence-electron chi connectivity index (χ2n) is 29.3. The summed E-state index contributed by atoms with van der Waals surface area (Å²) in [4.78, 5) is 60.6. The summed E-state index contributed by atoms with van der Waals surface area (Å²) in [5.41, 5.74) is 23.5. The lowest BCUT2D eigenvalue weighted by Crippen LogP contribution is -3.00. The monoisotopic (exact) mass is 1810 g/mol. The van der Waals surface area contributed by atoms with E-state index in [-0.39, 0.29) is 118 Å². The summed E-state index contributed by atoms with van der Waals surface area (Å²) in [5.74, 6) is 2.32. The van der Waals surface area contributed by atoms with Crippen LogP contribution in [0.3, 0.4) is 0 Å². The Bertz CT molecular complexity index is 2380. The third kappa shape index (κ3) is 63.5. The molecule has 3 heterocycles. The van der Waals surface area contributed by atoms with Crippen LogP contribution in [0.25, 0.3) is 31.3 Å². The zero-order valence-electron chi connectivity index (χ0n) is 65.3. The first-order valence-corrected chi connectivity index (χ1v) is 35.5. The SMILES string of the molecule is C#CC[N+](C)(C)CCCN1C(=O)NC(C)(C)C1=O.CCCCCCBr.CCCCCC[N+](C)(C)CCN=[N+]=[N-].CCCCCC[N+](C)(C)CCN=[N+]=[N-].CCCCCC[N+](C)(C)CCn1cc(C[N+](C)(C)CCCN2C(=O)NC(C)(C)C2=O)nn1.CN(C)CCN=[N+]=[N-].F.F.[Br-].[Br-].[Br-].[Br-].[Br-]. The quantitative estimate of drug-likeness (QED) is 0.0106. The zero-order chi connectivity index (χ0) is 71.6. The molecule has 0 aliphatic carbocycles. The van der Waals surface area contributed by atoms with E-state index in [2.05, 4.69) is 163 Å². The van der Waals surface area contributed by atoms with E-state index in [1.54, 1.807) is 27.7 Å². The van der Waals surface area contributed by atoms with Crippen molar-refractivity contribution in [1.82, 2.24) is 40.3 Å². The first kappa shape index (κ1) is 118. The van der Waals surface area contributed by atoms with Crippen molar-refractivity contribution in [2.24, 2.45) is 15.3 Å². The van der Waals surface area contributed by atoms with E-state index < -0.39 is 11.1 Å². The van der Waals surface area contributed by atoms with Gasteiger partial charge in [0.05, 0.1) is 149 Å². The standard InChI is InChI=1S/C23H44N7O2.C13H21N3O2.2C10H23N4.C6H13Br.C4H10N4.5BrH.2FH/c1-8-9-10-11-15-29(4,5)17-14-27-18-20(25-26-27)19-30(6,7)16-12-13-28-21(31)23(2,3)24-22(28)32;1-6-9-16(4,5)10-7-8-15-11(17)13(2,3)14-12(15)18;2*1-4-5-6-7-9-14(2,3)10-8-12-13-11;1-2-3-4-5-6-7;1-8(2)4-3-6-7-5;;;;;;;/h18H,8-17,19H2,1-7H3;1H,7-10H2,2-5H3;2*4-10H2,1-3H3;2-6H2,1H3;3-4H2,1-2H3;7*1H/q+1;;2*+1;;;;;;;;;/p-3. The number of alkyl halides is 1. The fraction of sp³-hybridized carbons (Fsp3) is 0.879. The second-order valence-corrected chi connectivity index (χ2v) is 30.1. The Kier molecular flexibility index (Phi) is 78.8. The molecular formula is C66H138Br6F2N22O4. The smallest absolute Gasteiger partial charge is 0.325 e. The molecule has 2 aliphatic rings. The Morgan fingerprint density at radius 1 is 0.510 bits per heavy atom. The van der Waals surface area contributed by atoms with Gasteiger partial charge >= 0.3 is 12.1 Å². The summed E-state index contributed by atoms with van der Waals surface area (Å²) < 4.78 is 6.30. The summed E-state index contributed by atoms with van der Waals surface area (Å²) in [7, 11) is 25.6. The lowest BCUT2D eigenvalue weighted by atomic mass is 10.1. The Labute approximate surface area is 665 Å². The van der Waals surface area contributed by atoms with Crippen LogP contribution in [0.1, 0.15) is 177 Å². The third-order valence-corrected chi connectivity index (χ3v) is 16.7. The van der Waals surface area contributed by atoms with E-state index in [4.69, 9.17) is 23.0 Å². The molecule has 2 N–H and O–H groups in total. The number of nitrogens with one attached hydrogen (secondary N) is 2. The summed E-state index contributed by atoms with van der Waals surface area (Å²) in [6.07, 6.45) is 29.9. The molecule has 1 aromatic heterocycles. The predicted octanol–water partition coefficient (Wildman–Crippen LogP) is -2.30. The van der Waals surface area contributed by atoms with Crippen LogP contribution in [0.2, 0.25) is 0 Å². The molecule has 0 bridgehead atoms. The number of hydrogen-bond donors (Lipinski definition) is 2. The Morgan fingerprint density at radius 2 is 0.850 bits per heavy atom. The molecule has 0 radical (unpaired) electrons. The zero-order valence-corrected chi connectivity index (χ0v) is 74.8. The Hall–Kier alpha value is -2.99. The molecule has 0 saturated carbocycles. The molecule has 26 nitrogen and oxygen atoms in total. The van der Waals surface area contributed by atoms with Crippen molar-refractivity contribution in [1.29, 1.82) is 0 Å². The molecule has 0 spiro atoms. The number of urea groups is 2. The van der Waals surface area contributed by atoms with Gasteiger partial charge in [-0.3, -0.25) is 28.8 Å². The number of nitrogens with zero attached hydrogens (tertiary/aromatic N) is 20. The highest BCUT2D eigenvalue weighted by Gasteiger charge is 2.45. The van der Waals surface area contributed by atoms with E-state index in [1.807, 2.05) is 37.8 Å². The highest BCUT2D eigenvalue weighted by Crippen LogP contribution is 2.19. The number of imide groups is 2. The van der Waals surface area contributed by atoms with E-state index in [1.165, 1.54) is 137 Å². The van der Waals surface area contributed by atoms with Crippen molar-refractivity contribution in [3.63, 3.8) is 0 Å². The van der Waals surface area contributed by atoms with Gasteiger partial charge in [0.25, 0.3) is 11.8 Å². The summed E-state index contributed by atoms with van der Waals surface area (Å²) in [5, 5.41) is 25.8. The fourth-order valence-corrected chi connectivity index (χ4v) is 10.3. The molecule has 0 atom stereocenters. The van der Waals surface area contributed by atoms with Gasteiger partial charge in [-0.15, -0.1) is 11.5 Å². The molecule has 0 aromatic carbocycles. The molecule has 6 amide bonds. The molecule has 2 aliphatic heterocycles. The number of halogens is 8. The van der Waals surface area contributed by atoms with Gasteiger partial charge in [-0.05, 0) is 109 Å². The van der Waals surface area contributed by atoms with Crippen molar-refractivity contribution >= 4 is 39.8 Å². The van der Waals surface area contributed by atoms with Gasteiger partial charge in [-0.1, -0.05) is 122 Å². The first-order chi connectivity index (χ1) is 43.5. The number of terminal acetylenes is 1. The van der Waals surface area contributed by atoms with Crippen LogP contribution in [0, 0.1) is 12.3 Å². The molecule has 1 aromatic rings. The van der Waals surface area contributed by atoms with Gasteiger partial charge in [0.2, 0.25) is 0 Å². The number of rotatable bonds is 42. The molecular weight excluding hydrogens is 1680 g/mol. The number of hydrogen-bond acceptors (Lipinski definition) is 10. The van der Waals surface area contributed by atoms with Crippen molar-refractivity contribution in [2.45, 2.75) is 195 Å². The number of aromatic nitrogens is 3. The van der Waals surface area contributed by atoms with E-state index in [9.17, 15) is 19.2 Å². The average Bonchev–Trinajstić information content (AvgIpc) is 1.67. The van der Waals surface area contributed by atoms with Crippen molar-refractivity contribution < 1.29 is 136 Å². The minimum atomic E-state index is -0.803. The van der Waals surface area contributed by atoms with Gasteiger partial charge in [0, 0.05) is 59.1 Å². The van der Waals surface area contributed by atoms with Gasteiger partial charge in [0.15, 0.2) is 0 Å². The summed E-state index contributed by atoms with van der Waals surface area (Å²) in [6.45, 7) is 29.7. The van der Waals surface area contributed by atoms with Crippen molar-refractivity contribution in [3.8, 4) is 12.3 Å². The molecule has 2 saturated heterocycles. The van der Waals surface area contributed by atoms with Gasteiger partial charge in [0.1, 0.15) is 29.9 Å². The van der Waals surface area contributed by atoms with Gasteiger partial charge in [-0.25, -0.2) is 14.3 Å². The first-order valence-electron chi connectivity index (χ1n) is 34.4. The number of quaternary nitrogens is 5. The number of azide groups is 3. The number of carbonyl (C=O) groups is 4. The number of amides is 6. The summed E-state index contributed by atoms with van der Waals surface area (Å²) in [6, 6.07) is -0.591. The number of unbranched alkanes of at least 4 members (excludes halogenated alkanes) is 12. The number of likely N-dealkylation sites (N-methyl/N-ethyl adjacent to an activating group) is 4. The maximum Gasteiger partial charge on any atom is 0.325 e. The van der Waals surface area contributed by atoms with Crippen LogP contribution in [0.5, 0.6) is 0 Å². The number of carbonyl (C=O) groups excluding carboxylic acids is 4. The minimum absolute atomic E-state index is 0. The van der Waals surface area contributed by atoms with E-state index in [0.717, 1.165) is 88.8 Å². The van der Waals surface area contributed by atoms with Crippen LogP contribution in [0.15, 0.2) is 21.5 Å². The van der Waals surface area contributed by atoms with Gasteiger partial charge < -0.3 is 123 Å². The Morgan fingerprint density at radius 3 is 1.17 bits per heavy atom. The van der Waals surface area contributed by atoms with E-state index >= 15 is 0 Å². The van der Waals surface area contributed by atoms with Crippen LogP contribution in [0.4, 0.5) is 19.0 Å². The average molecular weight is 1820 g/mol. The highest BCUT2D eigenvalue weighted by molar-refractivity contribution is 9.09. The topological polar surface area (TPSA) is 279 Å². The molecule has 592 valence electrons.